The zero-order chi connectivity index (χ0) is 12.1. The van der Waals surface area contributed by atoms with Gasteiger partial charge in [-0.2, -0.15) is 0 Å². The lowest BCUT2D eigenvalue weighted by Crippen LogP contribution is -2.42. The normalized spacial score (nSPS) is 17.1. The first-order valence-corrected chi connectivity index (χ1v) is 6.35. The van der Waals surface area contributed by atoms with Gasteiger partial charge in [0, 0.05) is 13.1 Å². The maximum Gasteiger partial charge on any atom is 0.239 e. The van der Waals surface area contributed by atoms with E-state index in [1.54, 1.807) is 0 Å². The van der Waals surface area contributed by atoms with E-state index in [2.05, 4.69) is 12.1 Å². The molecule has 2 rings (SSSR count). The molecule has 1 fully saturated rings. The molecule has 1 aromatic rings. The van der Waals surface area contributed by atoms with E-state index in [0.717, 1.165) is 38.8 Å². The Bertz CT molecular complexity index is 358. The summed E-state index contributed by atoms with van der Waals surface area (Å²) < 4.78 is 0. The molecule has 2 N–H and O–H groups in total. The highest BCUT2D eigenvalue weighted by atomic mass is 16.2. The van der Waals surface area contributed by atoms with Crippen molar-refractivity contribution in [3.05, 3.63) is 35.9 Å². The van der Waals surface area contributed by atoms with E-state index in [0.29, 0.717) is 0 Å². The van der Waals surface area contributed by atoms with Crippen LogP contribution in [0, 0.1) is 0 Å². The van der Waals surface area contributed by atoms with Crippen LogP contribution in [0.5, 0.6) is 0 Å². The number of carbonyl (C=O) groups excluding carboxylic acids is 1. The number of rotatable bonds is 4. The molecule has 0 aromatic heterocycles. The monoisotopic (exact) mass is 232 g/mol. The Morgan fingerprint density at radius 1 is 1.24 bits per heavy atom. The van der Waals surface area contributed by atoms with Gasteiger partial charge < -0.3 is 10.6 Å². The van der Waals surface area contributed by atoms with Gasteiger partial charge in [0.05, 0.1) is 6.04 Å². The van der Waals surface area contributed by atoms with Crippen molar-refractivity contribution >= 4 is 5.91 Å². The zero-order valence-corrected chi connectivity index (χ0v) is 10.1. The third-order valence-electron chi connectivity index (χ3n) is 3.32. The summed E-state index contributed by atoms with van der Waals surface area (Å²) in [7, 11) is 0. The summed E-state index contributed by atoms with van der Waals surface area (Å²) in [5, 5.41) is 0. The van der Waals surface area contributed by atoms with Crippen LogP contribution in [-0.4, -0.2) is 29.9 Å². The van der Waals surface area contributed by atoms with Crippen LogP contribution >= 0.6 is 0 Å². The van der Waals surface area contributed by atoms with E-state index in [4.69, 9.17) is 5.73 Å². The van der Waals surface area contributed by atoms with Crippen LogP contribution in [0.1, 0.15) is 24.8 Å². The number of nitrogens with two attached hydrogens (primary N) is 1. The maximum atomic E-state index is 12.0. The Labute approximate surface area is 103 Å². The molecule has 3 nitrogen and oxygen atoms in total. The summed E-state index contributed by atoms with van der Waals surface area (Å²) in [6, 6.07) is 9.85. The number of amides is 1. The van der Waals surface area contributed by atoms with Gasteiger partial charge in [0.25, 0.3) is 0 Å². The zero-order valence-electron chi connectivity index (χ0n) is 10.1. The molecule has 1 aliphatic heterocycles. The van der Waals surface area contributed by atoms with Crippen LogP contribution < -0.4 is 5.73 Å². The fourth-order valence-corrected chi connectivity index (χ4v) is 2.26. The molecule has 1 heterocycles. The van der Waals surface area contributed by atoms with Gasteiger partial charge in [0.1, 0.15) is 0 Å². The molecule has 92 valence electrons. The van der Waals surface area contributed by atoms with Gasteiger partial charge in [0.15, 0.2) is 0 Å². The Morgan fingerprint density at radius 2 is 1.88 bits per heavy atom. The van der Waals surface area contributed by atoms with Crippen LogP contribution in [0.25, 0.3) is 0 Å². The van der Waals surface area contributed by atoms with E-state index >= 15 is 0 Å². The molecule has 0 spiro atoms. The third kappa shape index (κ3) is 3.30. The summed E-state index contributed by atoms with van der Waals surface area (Å²) in [5.74, 6) is 0.124. The quantitative estimate of drug-likeness (QED) is 0.856. The first-order valence-electron chi connectivity index (χ1n) is 6.35. The molecule has 1 aliphatic rings. The highest BCUT2D eigenvalue weighted by molar-refractivity contribution is 5.81. The number of carbonyl (C=O) groups is 1. The average molecular weight is 232 g/mol. The SMILES string of the molecule is N[C@H](CCc1ccccc1)C(=O)N1CCCC1. The van der Waals surface area contributed by atoms with Crippen LogP contribution in [0.15, 0.2) is 30.3 Å². The predicted octanol–water partition coefficient (Wildman–Crippen LogP) is 1.57. The van der Waals surface area contributed by atoms with Crippen LogP contribution in [0.4, 0.5) is 0 Å². The largest absolute Gasteiger partial charge is 0.341 e. The molecule has 0 bridgehead atoms. The molecule has 1 amide bonds. The van der Waals surface area contributed by atoms with Crippen LogP contribution in [0.2, 0.25) is 0 Å². The summed E-state index contributed by atoms with van der Waals surface area (Å²) in [4.78, 5) is 13.9. The number of hydrogen-bond acceptors (Lipinski definition) is 2. The van der Waals surface area contributed by atoms with Crippen molar-refractivity contribution in [3.63, 3.8) is 0 Å². The van der Waals surface area contributed by atoms with Crippen molar-refractivity contribution in [1.82, 2.24) is 4.90 Å². The fourth-order valence-electron chi connectivity index (χ4n) is 2.26. The van der Waals surface area contributed by atoms with Crippen LogP contribution in [-0.2, 0) is 11.2 Å². The fraction of sp³-hybridized carbons (Fsp3) is 0.500. The predicted molar refractivity (Wildman–Crippen MR) is 68.6 cm³/mol. The average Bonchev–Trinajstić information content (AvgIpc) is 2.90. The number of nitrogens with zero attached hydrogens (tertiary/aromatic N) is 1. The Morgan fingerprint density at radius 3 is 2.53 bits per heavy atom. The molecule has 3 heteroatoms. The van der Waals surface area contributed by atoms with Gasteiger partial charge >= 0.3 is 0 Å². The van der Waals surface area contributed by atoms with Crippen molar-refractivity contribution in [2.75, 3.05) is 13.1 Å². The summed E-state index contributed by atoms with van der Waals surface area (Å²) in [6.45, 7) is 1.77. The van der Waals surface area contributed by atoms with E-state index < -0.39 is 0 Å². The molecule has 1 atom stereocenters. The molecule has 1 saturated heterocycles. The lowest BCUT2D eigenvalue weighted by atomic mass is 10.1. The Kier molecular flexibility index (Phi) is 4.15. The molecule has 0 aliphatic carbocycles. The van der Waals surface area contributed by atoms with E-state index in [1.165, 1.54) is 5.56 Å². The minimum atomic E-state index is -0.340. The second-order valence-corrected chi connectivity index (χ2v) is 4.66. The van der Waals surface area contributed by atoms with Gasteiger partial charge in [-0.15, -0.1) is 0 Å². The van der Waals surface area contributed by atoms with Gasteiger partial charge in [-0.3, -0.25) is 4.79 Å². The molecule has 1 aromatic carbocycles. The lowest BCUT2D eigenvalue weighted by Gasteiger charge is -2.20. The van der Waals surface area contributed by atoms with E-state index in [9.17, 15) is 4.79 Å². The molecule has 0 unspecified atom stereocenters. The first kappa shape index (κ1) is 12.1. The second-order valence-electron chi connectivity index (χ2n) is 4.66. The topological polar surface area (TPSA) is 46.3 Å². The van der Waals surface area contributed by atoms with E-state index in [1.807, 2.05) is 23.1 Å². The molecule has 0 radical (unpaired) electrons. The van der Waals surface area contributed by atoms with E-state index in [-0.39, 0.29) is 11.9 Å². The minimum Gasteiger partial charge on any atom is -0.341 e. The van der Waals surface area contributed by atoms with Gasteiger partial charge in [-0.25, -0.2) is 0 Å². The standard InChI is InChI=1S/C14H20N2O/c15-13(14(17)16-10-4-5-11-16)9-8-12-6-2-1-3-7-12/h1-3,6-7,13H,4-5,8-11,15H2/t13-/m1/s1. The third-order valence-corrected chi connectivity index (χ3v) is 3.32. The number of aryl methyl sites for hydroxylation is 1. The van der Waals surface area contributed by atoms with Crippen molar-refractivity contribution in [2.24, 2.45) is 5.73 Å². The van der Waals surface area contributed by atoms with Gasteiger partial charge in [-0.1, -0.05) is 30.3 Å². The molecule has 0 saturated carbocycles. The summed E-state index contributed by atoms with van der Waals surface area (Å²) >= 11 is 0. The molecular formula is C14H20N2O. The van der Waals surface area contributed by atoms with Gasteiger partial charge in [0.2, 0.25) is 5.91 Å². The minimum absolute atomic E-state index is 0.124. The second kappa shape index (κ2) is 5.82. The number of benzene rings is 1. The Balaban J connectivity index is 1.80. The lowest BCUT2D eigenvalue weighted by molar-refractivity contribution is -0.131. The van der Waals surface area contributed by atoms with Gasteiger partial charge in [-0.05, 0) is 31.2 Å². The molecule has 17 heavy (non-hydrogen) atoms. The Hall–Kier alpha value is -1.35. The van der Waals surface area contributed by atoms with Crippen molar-refractivity contribution < 1.29 is 4.79 Å². The number of likely N-dealkylation sites (tertiary alicyclic amines) is 1. The van der Waals surface area contributed by atoms with Crippen LogP contribution in [0.3, 0.4) is 0 Å². The van der Waals surface area contributed by atoms with Crippen molar-refractivity contribution in [2.45, 2.75) is 31.7 Å². The maximum absolute atomic E-state index is 12.0. The highest BCUT2D eigenvalue weighted by Gasteiger charge is 2.23. The first-order chi connectivity index (χ1) is 8.27. The molecular weight excluding hydrogens is 212 g/mol. The number of hydrogen-bond donors (Lipinski definition) is 1. The van der Waals surface area contributed by atoms with Crippen molar-refractivity contribution in [1.29, 1.82) is 0 Å². The van der Waals surface area contributed by atoms with Crippen molar-refractivity contribution in [3.8, 4) is 0 Å². The highest BCUT2D eigenvalue weighted by Crippen LogP contribution is 2.11. The summed E-state index contributed by atoms with van der Waals surface area (Å²) in [6.07, 6.45) is 3.86. The smallest absolute Gasteiger partial charge is 0.239 e. The summed E-state index contributed by atoms with van der Waals surface area (Å²) in [5.41, 5.74) is 7.20.